The number of hydrogen-bond acceptors (Lipinski definition) is 5. The van der Waals surface area contributed by atoms with Crippen molar-refractivity contribution in [3.05, 3.63) is 105 Å². The summed E-state index contributed by atoms with van der Waals surface area (Å²) in [7, 11) is 1.45. The fourth-order valence-corrected chi connectivity index (χ4v) is 4.86. The predicted molar refractivity (Wildman–Crippen MR) is 139 cm³/mol. The number of carbonyl (C=O) groups is 2. The molecule has 1 aliphatic heterocycles. The van der Waals surface area contributed by atoms with Crippen molar-refractivity contribution in [2.45, 2.75) is 19.4 Å². The van der Waals surface area contributed by atoms with Crippen LogP contribution in [0.5, 0.6) is 5.75 Å². The van der Waals surface area contributed by atoms with Crippen LogP contribution in [0.4, 0.5) is 10.1 Å². The Labute approximate surface area is 221 Å². The van der Waals surface area contributed by atoms with Gasteiger partial charge in [0.25, 0.3) is 5.91 Å². The summed E-state index contributed by atoms with van der Waals surface area (Å²) in [5, 5.41) is 11.7. The number of rotatable bonds is 6. The Balaban J connectivity index is 1.67. The average molecular weight is 540 g/mol. The van der Waals surface area contributed by atoms with E-state index >= 15 is 0 Å². The molecule has 1 atom stereocenters. The van der Waals surface area contributed by atoms with Gasteiger partial charge in [0, 0.05) is 22.2 Å². The van der Waals surface area contributed by atoms with E-state index in [9.17, 15) is 19.1 Å². The zero-order valence-corrected chi connectivity index (χ0v) is 21.2. The maximum atomic E-state index is 13.9. The fraction of sp³-hybridized carbons (Fsp3) is 0.143. The summed E-state index contributed by atoms with van der Waals surface area (Å²) in [5.74, 6) is -2.70. The lowest BCUT2D eigenvalue weighted by molar-refractivity contribution is -0.117. The summed E-state index contributed by atoms with van der Waals surface area (Å²) in [6, 6.07) is 14.7. The molecule has 1 unspecified atom stereocenters. The van der Waals surface area contributed by atoms with Gasteiger partial charge in [0.15, 0.2) is 22.9 Å². The molecule has 2 heterocycles. The van der Waals surface area contributed by atoms with Crippen LogP contribution in [0.2, 0.25) is 10.0 Å². The Morgan fingerprint density at radius 1 is 1.11 bits per heavy atom. The van der Waals surface area contributed by atoms with Crippen molar-refractivity contribution in [3.8, 4) is 5.75 Å². The number of aliphatic hydroxyl groups excluding tert-OH is 1. The minimum atomic E-state index is -1.02. The van der Waals surface area contributed by atoms with Crippen LogP contribution < -0.4 is 9.64 Å². The summed E-state index contributed by atoms with van der Waals surface area (Å²) in [4.78, 5) is 28.4. The highest BCUT2D eigenvalue weighted by Gasteiger charge is 2.45. The summed E-state index contributed by atoms with van der Waals surface area (Å²) in [5.41, 5.74) is 1.94. The number of benzene rings is 3. The number of nitrogens with zero attached hydrogens (tertiary/aromatic N) is 1. The van der Waals surface area contributed by atoms with E-state index in [-0.39, 0.29) is 22.0 Å². The number of methoxy groups -OCH3 is 1. The topological polar surface area (TPSA) is 80.0 Å². The third kappa shape index (κ3) is 4.24. The fourth-order valence-electron chi connectivity index (χ4n) is 4.47. The Morgan fingerprint density at radius 3 is 2.49 bits per heavy atom. The van der Waals surface area contributed by atoms with Crippen molar-refractivity contribution in [1.82, 2.24) is 0 Å². The van der Waals surface area contributed by atoms with Gasteiger partial charge < -0.3 is 14.3 Å². The Hall–Kier alpha value is -3.81. The summed E-state index contributed by atoms with van der Waals surface area (Å²) in [6.07, 6.45) is 0.789. The summed E-state index contributed by atoms with van der Waals surface area (Å²) >= 11 is 12.2. The van der Waals surface area contributed by atoms with Gasteiger partial charge in [-0.25, -0.2) is 4.39 Å². The first-order valence-electron chi connectivity index (χ1n) is 11.4. The van der Waals surface area contributed by atoms with Crippen molar-refractivity contribution < 1.29 is 28.2 Å². The molecule has 1 aliphatic rings. The molecule has 9 heteroatoms. The number of ether oxygens (including phenoxy) is 1. The molecule has 5 rings (SSSR count). The first-order valence-corrected chi connectivity index (χ1v) is 12.1. The van der Waals surface area contributed by atoms with E-state index in [1.807, 2.05) is 19.1 Å². The Morgan fingerprint density at radius 2 is 1.84 bits per heavy atom. The standard InChI is InChI=1S/C28H20Cl2FNO5/c1-3-14-4-6-15(7-5-14)24-23(26(34)28(35)32(24)18-8-9-20(31)19(30)13-18)25(33)21-11-16-10-17(29)12-22(36-2)27(16)37-21/h4-13,24,34H,3H2,1-2H3. The highest BCUT2D eigenvalue weighted by molar-refractivity contribution is 6.32. The van der Waals surface area contributed by atoms with Gasteiger partial charge in [-0.05, 0) is 47.9 Å². The van der Waals surface area contributed by atoms with Crippen molar-refractivity contribution in [3.63, 3.8) is 0 Å². The Kier molecular flexibility index (Phi) is 6.43. The molecule has 0 fully saturated rings. The number of ketones is 1. The Bertz CT molecular complexity index is 1590. The van der Waals surface area contributed by atoms with Gasteiger partial charge >= 0.3 is 0 Å². The molecule has 0 spiro atoms. The van der Waals surface area contributed by atoms with Gasteiger partial charge in [0.05, 0.1) is 23.7 Å². The SMILES string of the molecule is CCc1ccc(C2C(C(=O)c3cc4cc(Cl)cc(OC)c4o3)=C(O)C(=O)N2c2ccc(F)c(Cl)c2)cc1. The molecule has 0 radical (unpaired) electrons. The second kappa shape index (κ2) is 9.57. The maximum absolute atomic E-state index is 13.9. The number of hydrogen-bond donors (Lipinski definition) is 1. The van der Waals surface area contributed by atoms with E-state index in [2.05, 4.69) is 0 Å². The normalized spacial score (nSPS) is 15.6. The molecule has 0 bridgehead atoms. The smallest absolute Gasteiger partial charge is 0.294 e. The summed E-state index contributed by atoms with van der Waals surface area (Å²) in [6.45, 7) is 2.00. The van der Waals surface area contributed by atoms with Crippen molar-refractivity contribution >= 4 is 51.5 Å². The number of furan rings is 1. The molecule has 4 aromatic rings. The van der Waals surface area contributed by atoms with Crippen molar-refractivity contribution in [2.75, 3.05) is 12.0 Å². The van der Waals surface area contributed by atoms with Crippen molar-refractivity contribution in [2.24, 2.45) is 0 Å². The molecule has 37 heavy (non-hydrogen) atoms. The highest BCUT2D eigenvalue weighted by atomic mass is 35.5. The van der Waals surface area contributed by atoms with Gasteiger partial charge in [-0.2, -0.15) is 0 Å². The molecule has 1 aromatic heterocycles. The van der Waals surface area contributed by atoms with E-state index in [0.29, 0.717) is 27.3 Å². The molecule has 1 N–H and O–H groups in total. The van der Waals surface area contributed by atoms with E-state index < -0.39 is 29.3 Å². The predicted octanol–water partition coefficient (Wildman–Crippen LogP) is 7.23. The molecular weight excluding hydrogens is 520 g/mol. The van der Waals surface area contributed by atoms with Gasteiger partial charge in [-0.15, -0.1) is 0 Å². The lowest BCUT2D eigenvalue weighted by atomic mass is 9.94. The first-order chi connectivity index (χ1) is 17.7. The van der Waals surface area contributed by atoms with Crippen LogP contribution in [0.25, 0.3) is 11.0 Å². The van der Waals surface area contributed by atoms with Gasteiger partial charge in [0.1, 0.15) is 5.82 Å². The van der Waals surface area contributed by atoms with Crippen LogP contribution in [-0.2, 0) is 11.2 Å². The monoisotopic (exact) mass is 539 g/mol. The number of halogens is 3. The third-order valence-corrected chi connectivity index (χ3v) is 6.84. The molecule has 0 aliphatic carbocycles. The molecule has 1 amide bonds. The van der Waals surface area contributed by atoms with Crippen LogP contribution in [0.15, 0.2) is 76.4 Å². The number of amides is 1. The summed E-state index contributed by atoms with van der Waals surface area (Å²) < 4.78 is 25.0. The maximum Gasteiger partial charge on any atom is 0.294 e. The number of aryl methyl sites for hydroxylation is 1. The van der Waals surface area contributed by atoms with Gasteiger partial charge in [-0.1, -0.05) is 54.4 Å². The zero-order valence-electron chi connectivity index (χ0n) is 19.7. The minimum absolute atomic E-state index is 0.112. The highest BCUT2D eigenvalue weighted by Crippen LogP contribution is 2.43. The molecular formula is C28H20Cl2FNO5. The van der Waals surface area contributed by atoms with Gasteiger partial charge in [-0.3, -0.25) is 14.5 Å². The van der Waals surface area contributed by atoms with Crippen LogP contribution in [0, 0.1) is 5.82 Å². The van der Waals surface area contributed by atoms with E-state index in [4.69, 9.17) is 32.4 Å². The first kappa shape index (κ1) is 24.9. The van der Waals surface area contributed by atoms with Crippen LogP contribution >= 0.6 is 23.2 Å². The van der Waals surface area contributed by atoms with Crippen molar-refractivity contribution in [1.29, 1.82) is 0 Å². The zero-order chi connectivity index (χ0) is 26.4. The van der Waals surface area contributed by atoms with E-state index in [1.165, 1.54) is 30.2 Å². The quantitative estimate of drug-likeness (QED) is 0.261. The van der Waals surface area contributed by atoms with Crippen LogP contribution in [-0.4, -0.2) is 23.9 Å². The number of fused-ring (bicyclic) bond motifs is 1. The second-order valence-electron chi connectivity index (χ2n) is 8.50. The molecule has 6 nitrogen and oxygen atoms in total. The average Bonchev–Trinajstić information content (AvgIpc) is 3.43. The lowest BCUT2D eigenvalue weighted by Gasteiger charge is -2.27. The molecule has 0 saturated heterocycles. The van der Waals surface area contributed by atoms with E-state index in [1.54, 1.807) is 24.3 Å². The molecule has 188 valence electrons. The number of Topliss-reactive ketones (excluding diaryl/α,β-unsaturated/α-hetero) is 1. The minimum Gasteiger partial charge on any atom is -0.503 e. The molecule has 0 saturated carbocycles. The second-order valence-corrected chi connectivity index (χ2v) is 9.34. The van der Waals surface area contributed by atoms with E-state index in [0.717, 1.165) is 18.1 Å². The van der Waals surface area contributed by atoms with Crippen LogP contribution in [0.3, 0.4) is 0 Å². The van der Waals surface area contributed by atoms with Crippen LogP contribution in [0.1, 0.15) is 34.6 Å². The number of carbonyl (C=O) groups excluding carboxylic acids is 2. The lowest BCUT2D eigenvalue weighted by Crippen LogP contribution is -2.31. The number of anilines is 1. The largest absolute Gasteiger partial charge is 0.503 e. The third-order valence-electron chi connectivity index (χ3n) is 6.33. The number of aliphatic hydroxyl groups is 1. The molecule has 3 aromatic carbocycles. The van der Waals surface area contributed by atoms with Gasteiger partial charge in [0.2, 0.25) is 5.78 Å².